The Kier molecular flexibility index (Phi) is 9.69. The summed E-state index contributed by atoms with van der Waals surface area (Å²) in [6.45, 7) is 11.8. The molecule has 0 nitrogen and oxygen atoms in total. The van der Waals surface area contributed by atoms with E-state index in [1.807, 2.05) is 0 Å². The Bertz CT molecular complexity index is 234. The van der Waals surface area contributed by atoms with Gasteiger partial charge < -0.3 is 0 Å². The lowest BCUT2D eigenvalue weighted by Gasteiger charge is -2.30. The van der Waals surface area contributed by atoms with Crippen molar-refractivity contribution in [2.75, 3.05) is 0 Å². The SMILES string of the molecule is CC(C)CC1CCCCC1.CCC1CCCC(C(C)C)C1. The molecular weight excluding hydrogens is 252 g/mol. The van der Waals surface area contributed by atoms with Gasteiger partial charge in [0.15, 0.2) is 0 Å². The van der Waals surface area contributed by atoms with E-state index in [0.29, 0.717) is 0 Å². The van der Waals surface area contributed by atoms with Crippen LogP contribution in [0.2, 0.25) is 0 Å². The Balaban J connectivity index is 0.000000211. The van der Waals surface area contributed by atoms with Gasteiger partial charge in [-0.3, -0.25) is 0 Å². The smallest absolute Gasteiger partial charge is 0.0388 e. The van der Waals surface area contributed by atoms with Crippen molar-refractivity contribution in [1.82, 2.24) is 0 Å². The Hall–Kier alpha value is 0. The van der Waals surface area contributed by atoms with Crippen molar-refractivity contribution in [1.29, 1.82) is 0 Å². The molecule has 2 rings (SSSR count). The lowest BCUT2D eigenvalue weighted by Crippen LogP contribution is -2.19. The fourth-order valence-electron chi connectivity index (χ4n) is 4.40. The molecule has 2 atom stereocenters. The molecule has 0 N–H and O–H groups in total. The molecule has 0 spiro atoms. The zero-order valence-corrected chi connectivity index (χ0v) is 15.7. The van der Waals surface area contributed by atoms with Crippen molar-refractivity contribution in [3.63, 3.8) is 0 Å². The number of hydrogen-bond acceptors (Lipinski definition) is 0. The molecule has 21 heavy (non-hydrogen) atoms. The average molecular weight is 295 g/mol. The molecule has 2 unspecified atom stereocenters. The van der Waals surface area contributed by atoms with Gasteiger partial charge in [-0.25, -0.2) is 0 Å². The van der Waals surface area contributed by atoms with Gasteiger partial charge in [0, 0.05) is 0 Å². The maximum atomic E-state index is 2.38. The second-order valence-electron chi connectivity index (χ2n) is 8.58. The summed E-state index contributed by atoms with van der Waals surface area (Å²) >= 11 is 0. The van der Waals surface area contributed by atoms with Crippen LogP contribution in [0.15, 0.2) is 0 Å². The van der Waals surface area contributed by atoms with Crippen molar-refractivity contribution >= 4 is 0 Å². The van der Waals surface area contributed by atoms with Crippen LogP contribution in [0.25, 0.3) is 0 Å². The molecule has 0 bridgehead atoms. The van der Waals surface area contributed by atoms with Crippen LogP contribution >= 0.6 is 0 Å². The summed E-state index contributed by atoms with van der Waals surface area (Å²) in [5.74, 6) is 5.01. The van der Waals surface area contributed by atoms with Gasteiger partial charge in [0.25, 0.3) is 0 Å². The molecule has 0 radical (unpaired) electrons. The minimum Gasteiger partial charge on any atom is -0.0651 e. The first-order valence-electron chi connectivity index (χ1n) is 10.0. The van der Waals surface area contributed by atoms with Gasteiger partial charge in [0.2, 0.25) is 0 Å². The third-order valence-electron chi connectivity index (χ3n) is 5.87. The normalized spacial score (nSPS) is 27.6. The molecule has 0 aromatic rings. The van der Waals surface area contributed by atoms with Gasteiger partial charge in [-0.15, -0.1) is 0 Å². The summed E-state index contributed by atoms with van der Waals surface area (Å²) in [5.41, 5.74) is 0. The fourth-order valence-corrected chi connectivity index (χ4v) is 4.40. The fraction of sp³-hybridized carbons (Fsp3) is 1.00. The van der Waals surface area contributed by atoms with Gasteiger partial charge >= 0.3 is 0 Å². The van der Waals surface area contributed by atoms with Crippen LogP contribution in [0.1, 0.15) is 105 Å². The van der Waals surface area contributed by atoms with Gasteiger partial charge in [0.1, 0.15) is 0 Å². The molecule has 2 aliphatic rings. The van der Waals surface area contributed by atoms with Crippen molar-refractivity contribution in [2.45, 2.75) is 105 Å². The molecular formula is C21H42. The summed E-state index contributed by atoms with van der Waals surface area (Å²) in [6, 6.07) is 0. The minimum atomic E-state index is 0.920. The quantitative estimate of drug-likeness (QED) is 0.504. The summed E-state index contributed by atoms with van der Waals surface area (Å²) in [4.78, 5) is 0. The first kappa shape index (κ1) is 19.0. The van der Waals surface area contributed by atoms with Crippen LogP contribution in [0.4, 0.5) is 0 Å². The summed E-state index contributed by atoms with van der Waals surface area (Å²) in [7, 11) is 0. The summed E-state index contributed by atoms with van der Waals surface area (Å²) < 4.78 is 0. The molecule has 0 heteroatoms. The largest absolute Gasteiger partial charge is 0.0651 e. The third kappa shape index (κ3) is 8.27. The van der Waals surface area contributed by atoms with Crippen LogP contribution in [0.3, 0.4) is 0 Å². The second-order valence-corrected chi connectivity index (χ2v) is 8.58. The Morgan fingerprint density at radius 1 is 0.762 bits per heavy atom. The van der Waals surface area contributed by atoms with E-state index in [2.05, 4.69) is 34.6 Å². The predicted molar refractivity (Wildman–Crippen MR) is 96.6 cm³/mol. The van der Waals surface area contributed by atoms with Crippen LogP contribution < -0.4 is 0 Å². The number of rotatable bonds is 4. The van der Waals surface area contributed by atoms with Gasteiger partial charge in [-0.1, -0.05) is 92.4 Å². The molecule has 0 aliphatic heterocycles. The minimum absolute atomic E-state index is 0.920. The Labute approximate surface area is 135 Å². The Morgan fingerprint density at radius 3 is 1.90 bits per heavy atom. The first-order valence-corrected chi connectivity index (χ1v) is 10.0. The zero-order chi connectivity index (χ0) is 15.7. The van der Waals surface area contributed by atoms with Crippen LogP contribution in [0.5, 0.6) is 0 Å². The molecule has 0 aromatic heterocycles. The topological polar surface area (TPSA) is 0 Å². The highest BCUT2D eigenvalue weighted by molar-refractivity contribution is 4.74. The molecule has 2 aliphatic carbocycles. The van der Waals surface area contributed by atoms with Crippen molar-refractivity contribution in [2.24, 2.45) is 29.6 Å². The molecule has 0 saturated heterocycles. The zero-order valence-electron chi connectivity index (χ0n) is 15.7. The monoisotopic (exact) mass is 294 g/mol. The molecule has 0 amide bonds. The maximum Gasteiger partial charge on any atom is -0.0388 e. The van der Waals surface area contributed by atoms with E-state index in [-0.39, 0.29) is 0 Å². The third-order valence-corrected chi connectivity index (χ3v) is 5.87. The standard InChI is InChI=1S/C11H22.C10H20/c1-4-10-6-5-7-11(8-10)9(2)3;1-9(2)8-10-6-4-3-5-7-10/h9-11H,4-8H2,1-3H3;9-10H,3-8H2,1-2H3. The Morgan fingerprint density at radius 2 is 1.38 bits per heavy atom. The molecule has 0 heterocycles. The molecule has 0 aromatic carbocycles. The van der Waals surface area contributed by atoms with Crippen molar-refractivity contribution in [3.8, 4) is 0 Å². The molecule has 2 saturated carbocycles. The predicted octanol–water partition coefficient (Wildman–Crippen LogP) is 7.47. The number of hydrogen-bond donors (Lipinski definition) is 0. The van der Waals surface area contributed by atoms with E-state index < -0.39 is 0 Å². The van der Waals surface area contributed by atoms with E-state index in [1.54, 1.807) is 0 Å². The van der Waals surface area contributed by atoms with Crippen LogP contribution in [0, 0.1) is 29.6 Å². The van der Waals surface area contributed by atoms with E-state index in [1.165, 1.54) is 70.6 Å². The van der Waals surface area contributed by atoms with E-state index >= 15 is 0 Å². The first-order chi connectivity index (χ1) is 10.0. The summed E-state index contributed by atoms with van der Waals surface area (Å²) in [6.07, 6.45) is 16.4. The average Bonchev–Trinajstić information content (AvgIpc) is 2.48. The lowest BCUT2D eigenvalue weighted by atomic mass is 9.75. The van der Waals surface area contributed by atoms with E-state index in [9.17, 15) is 0 Å². The lowest BCUT2D eigenvalue weighted by molar-refractivity contribution is 0.211. The van der Waals surface area contributed by atoms with Crippen LogP contribution in [-0.2, 0) is 0 Å². The van der Waals surface area contributed by atoms with Gasteiger partial charge in [-0.2, -0.15) is 0 Å². The molecule has 126 valence electrons. The van der Waals surface area contributed by atoms with Gasteiger partial charge in [-0.05, 0) is 42.4 Å². The highest BCUT2D eigenvalue weighted by Crippen LogP contribution is 2.34. The second kappa shape index (κ2) is 10.7. The highest BCUT2D eigenvalue weighted by atomic mass is 14.3. The van der Waals surface area contributed by atoms with Crippen LogP contribution in [-0.4, -0.2) is 0 Å². The van der Waals surface area contributed by atoms with Gasteiger partial charge in [0.05, 0.1) is 0 Å². The highest BCUT2D eigenvalue weighted by Gasteiger charge is 2.22. The summed E-state index contributed by atoms with van der Waals surface area (Å²) in [5, 5.41) is 0. The maximum absolute atomic E-state index is 2.38. The van der Waals surface area contributed by atoms with E-state index in [4.69, 9.17) is 0 Å². The van der Waals surface area contributed by atoms with E-state index in [0.717, 1.165) is 29.6 Å². The molecule has 2 fully saturated rings. The van der Waals surface area contributed by atoms with Crippen molar-refractivity contribution < 1.29 is 0 Å². The van der Waals surface area contributed by atoms with Crippen molar-refractivity contribution in [3.05, 3.63) is 0 Å².